The summed E-state index contributed by atoms with van der Waals surface area (Å²) in [6.45, 7) is 7.97. The largest absolute Gasteiger partial charge is 0.337 e. The molecule has 0 fully saturated rings. The number of aryl methyl sites for hydroxylation is 1. The summed E-state index contributed by atoms with van der Waals surface area (Å²) in [5.41, 5.74) is 2.12. The number of benzene rings is 1. The summed E-state index contributed by atoms with van der Waals surface area (Å²) in [4.78, 5) is 5.87. The molecule has 3 aromatic rings. The standard InChI is InChI=1S/C15H18N6O/c1-9(2)13-16-15(22-19-13)11(4)21-18-14(17-20-21)12-7-5-10(3)6-8-12/h5-9,11H,1-4H3. The number of tetrazole rings is 1. The molecule has 1 aromatic carbocycles. The quantitative estimate of drug-likeness (QED) is 0.736. The van der Waals surface area contributed by atoms with Crippen LogP contribution in [0.5, 0.6) is 0 Å². The Morgan fingerprint density at radius 2 is 1.82 bits per heavy atom. The van der Waals surface area contributed by atoms with Gasteiger partial charge in [0.05, 0.1) is 0 Å². The molecule has 0 saturated carbocycles. The Morgan fingerprint density at radius 3 is 2.45 bits per heavy atom. The molecule has 7 heteroatoms. The Kier molecular flexibility index (Phi) is 3.70. The topological polar surface area (TPSA) is 82.5 Å². The zero-order chi connectivity index (χ0) is 15.7. The third-order valence-electron chi connectivity index (χ3n) is 3.42. The summed E-state index contributed by atoms with van der Waals surface area (Å²) < 4.78 is 5.28. The normalized spacial score (nSPS) is 12.8. The zero-order valence-corrected chi connectivity index (χ0v) is 13.1. The van der Waals surface area contributed by atoms with Gasteiger partial charge in [-0.25, -0.2) is 0 Å². The van der Waals surface area contributed by atoms with E-state index in [0.29, 0.717) is 17.5 Å². The van der Waals surface area contributed by atoms with Crippen molar-refractivity contribution in [3.8, 4) is 11.4 Å². The molecule has 7 nitrogen and oxygen atoms in total. The van der Waals surface area contributed by atoms with Gasteiger partial charge >= 0.3 is 0 Å². The van der Waals surface area contributed by atoms with Crippen LogP contribution >= 0.6 is 0 Å². The lowest BCUT2D eigenvalue weighted by Crippen LogP contribution is -2.11. The maximum absolute atomic E-state index is 5.28. The molecule has 0 aliphatic carbocycles. The molecular weight excluding hydrogens is 280 g/mol. The molecule has 0 aliphatic rings. The summed E-state index contributed by atoms with van der Waals surface area (Å²) >= 11 is 0. The number of hydrogen-bond donors (Lipinski definition) is 0. The van der Waals surface area contributed by atoms with Gasteiger partial charge < -0.3 is 4.52 Å². The lowest BCUT2D eigenvalue weighted by Gasteiger charge is -2.03. The fourth-order valence-electron chi connectivity index (χ4n) is 1.96. The average molecular weight is 298 g/mol. The highest BCUT2D eigenvalue weighted by Crippen LogP contribution is 2.19. The van der Waals surface area contributed by atoms with Crippen LogP contribution in [0.15, 0.2) is 28.8 Å². The molecular formula is C15H18N6O. The van der Waals surface area contributed by atoms with Gasteiger partial charge in [-0.1, -0.05) is 48.8 Å². The van der Waals surface area contributed by atoms with E-state index in [4.69, 9.17) is 4.52 Å². The van der Waals surface area contributed by atoms with Crippen molar-refractivity contribution in [2.75, 3.05) is 0 Å². The van der Waals surface area contributed by atoms with E-state index in [1.54, 1.807) is 0 Å². The Morgan fingerprint density at radius 1 is 1.09 bits per heavy atom. The van der Waals surface area contributed by atoms with Crippen molar-refractivity contribution in [2.45, 2.75) is 39.7 Å². The second-order valence-electron chi connectivity index (χ2n) is 5.62. The molecule has 2 heterocycles. The fraction of sp³-hybridized carbons (Fsp3) is 0.400. The van der Waals surface area contributed by atoms with Crippen LogP contribution in [0.4, 0.5) is 0 Å². The second-order valence-corrected chi connectivity index (χ2v) is 5.62. The predicted molar refractivity (Wildman–Crippen MR) is 80.2 cm³/mol. The smallest absolute Gasteiger partial charge is 0.253 e. The summed E-state index contributed by atoms with van der Waals surface area (Å²) in [6.07, 6.45) is 0. The maximum atomic E-state index is 5.28. The minimum absolute atomic E-state index is 0.219. The van der Waals surface area contributed by atoms with E-state index in [1.807, 2.05) is 52.0 Å². The van der Waals surface area contributed by atoms with Crippen LogP contribution in [0.25, 0.3) is 11.4 Å². The first-order chi connectivity index (χ1) is 10.5. The Balaban J connectivity index is 1.84. The van der Waals surface area contributed by atoms with Crippen molar-refractivity contribution in [2.24, 2.45) is 0 Å². The minimum atomic E-state index is -0.258. The van der Waals surface area contributed by atoms with Gasteiger partial charge in [0.2, 0.25) is 5.82 Å². The SMILES string of the molecule is Cc1ccc(-c2nnn(C(C)c3nc(C(C)C)no3)n2)cc1. The molecule has 0 bridgehead atoms. The van der Waals surface area contributed by atoms with E-state index in [-0.39, 0.29) is 12.0 Å². The van der Waals surface area contributed by atoms with Crippen molar-refractivity contribution >= 4 is 0 Å². The molecule has 1 atom stereocenters. The first-order valence-electron chi connectivity index (χ1n) is 7.24. The summed E-state index contributed by atoms with van der Waals surface area (Å²) in [5, 5.41) is 16.6. The highest BCUT2D eigenvalue weighted by atomic mass is 16.5. The van der Waals surface area contributed by atoms with Gasteiger partial charge in [0.1, 0.15) is 6.04 Å². The summed E-state index contributed by atoms with van der Waals surface area (Å²) in [6, 6.07) is 7.74. The number of hydrogen-bond acceptors (Lipinski definition) is 6. The van der Waals surface area contributed by atoms with E-state index in [2.05, 4.69) is 25.6 Å². The van der Waals surface area contributed by atoms with Crippen LogP contribution in [0.1, 0.15) is 50.0 Å². The first-order valence-corrected chi connectivity index (χ1v) is 7.24. The number of rotatable bonds is 4. The van der Waals surface area contributed by atoms with Crippen LogP contribution in [-0.2, 0) is 0 Å². The third kappa shape index (κ3) is 2.74. The Labute approximate surface area is 128 Å². The molecule has 0 amide bonds. The van der Waals surface area contributed by atoms with Crippen molar-refractivity contribution in [3.63, 3.8) is 0 Å². The van der Waals surface area contributed by atoms with Crippen molar-refractivity contribution in [1.29, 1.82) is 0 Å². The molecule has 2 aromatic heterocycles. The van der Waals surface area contributed by atoms with E-state index in [1.165, 1.54) is 10.4 Å². The van der Waals surface area contributed by atoms with Gasteiger partial charge in [-0.2, -0.15) is 9.78 Å². The highest BCUT2D eigenvalue weighted by molar-refractivity contribution is 5.54. The zero-order valence-electron chi connectivity index (χ0n) is 13.1. The van der Waals surface area contributed by atoms with Crippen molar-refractivity contribution in [3.05, 3.63) is 41.5 Å². The molecule has 0 aliphatic heterocycles. The van der Waals surface area contributed by atoms with Crippen LogP contribution in [-0.4, -0.2) is 30.3 Å². The van der Waals surface area contributed by atoms with Crippen LogP contribution in [0, 0.1) is 6.92 Å². The Hall–Kier alpha value is -2.57. The summed E-state index contributed by atoms with van der Waals surface area (Å²) in [7, 11) is 0. The lowest BCUT2D eigenvalue weighted by atomic mass is 10.1. The van der Waals surface area contributed by atoms with E-state index < -0.39 is 0 Å². The van der Waals surface area contributed by atoms with Crippen molar-refractivity contribution < 1.29 is 4.52 Å². The summed E-state index contributed by atoms with van der Waals surface area (Å²) in [5.74, 6) is 1.96. The lowest BCUT2D eigenvalue weighted by molar-refractivity contribution is 0.317. The molecule has 0 saturated heterocycles. The second kappa shape index (κ2) is 5.67. The monoisotopic (exact) mass is 298 g/mol. The van der Waals surface area contributed by atoms with Crippen LogP contribution < -0.4 is 0 Å². The van der Waals surface area contributed by atoms with Gasteiger partial charge in [-0.15, -0.1) is 10.2 Å². The molecule has 0 radical (unpaired) electrons. The molecule has 114 valence electrons. The third-order valence-corrected chi connectivity index (χ3v) is 3.42. The molecule has 1 unspecified atom stereocenters. The predicted octanol–water partition coefficient (Wildman–Crippen LogP) is 2.76. The first kappa shape index (κ1) is 14.4. The van der Waals surface area contributed by atoms with E-state index in [9.17, 15) is 0 Å². The van der Waals surface area contributed by atoms with Gasteiger partial charge in [0.25, 0.3) is 5.89 Å². The number of nitrogens with zero attached hydrogens (tertiary/aromatic N) is 6. The molecule has 0 N–H and O–H groups in total. The molecule has 3 rings (SSSR count). The van der Waals surface area contributed by atoms with Gasteiger partial charge in [0, 0.05) is 11.5 Å². The van der Waals surface area contributed by atoms with E-state index in [0.717, 1.165) is 5.56 Å². The van der Waals surface area contributed by atoms with Gasteiger partial charge in [0.15, 0.2) is 5.82 Å². The van der Waals surface area contributed by atoms with E-state index >= 15 is 0 Å². The average Bonchev–Trinajstić information content (AvgIpc) is 3.17. The number of aromatic nitrogens is 6. The Bertz CT molecular complexity index is 758. The molecule has 0 spiro atoms. The molecule has 22 heavy (non-hydrogen) atoms. The minimum Gasteiger partial charge on any atom is -0.337 e. The van der Waals surface area contributed by atoms with Crippen LogP contribution in [0.3, 0.4) is 0 Å². The van der Waals surface area contributed by atoms with Gasteiger partial charge in [-0.3, -0.25) is 0 Å². The van der Waals surface area contributed by atoms with Gasteiger partial charge in [-0.05, 0) is 19.1 Å². The van der Waals surface area contributed by atoms with Crippen LogP contribution in [0.2, 0.25) is 0 Å². The fourth-order valence-corrected chi connectivity index (χ4v) is 1.96. The van der Waals surface area contributed by atoms with Crippen molar-refractivity contribution in [1.82, 2.24) is 30.3 Å². The maximum Gasteiger partial charge on any atom is 0.253 e. The highest BCUT2D eigenvalue weighted by Gasteiger charge is 2.20.